The van der Waals surface area contributed by atoms with Gasteiger partial charge in [-0.1, -0.05) is 59.1 Å². The summed E-state index contributed by atoms with van der Waals surface area (Å²) < 4.78 is 2.26. The second-order valence-corrected chi connectivity index (χ2v) is 10.2. The molecule has 0 bridgehead atoms. The lowest BCUT2D eigenvalue weighted by Gasteiger charge is -2.31. The molecule has 5 rings (SSSR count). The zero-order valence-corrected chi connectivity index (χ0v) is 21.3. The third-order valence-corrected chi connectivity index (χ3v) is 7.41. The number of hydrogen-bond acceptors (Lipinski definition) is 3. The summed E-state index contributed by atoms with van der Waals surface area (Å²) in [6.45, 7) is 3.00. The van der Waals surface area contributed by atoms with Gasteiger partial charge in [-0.25, -0.2) is 4.98 Å². The third-order valence-electron chi connectivity index (χ3n) is 6.42. The fourth-order valence-electron chi connectivity index (χ4n) is 4.63. The largest absolute Gasteiger partial charge is 0.326 e. The highest BCUT2D eigenvalue weighted by molar-refractivity contribution is 6.42. The zero-order valence-electron chi connectivity index (χ0n) is 19.1. The van der Waals surface area contributed by atoms with Crippen LogP contribution in [0.2, 0.25) is 15.1 Å². The standard InChI is InChI=1S/C27H25Cl3N4O/c28-20-9-7-18(8-10-20)15-34-25-6-2-1-5-24(25)32-26(34)17-33-13-3-4-19(16-33)27(35)31-21-11-12-22(29)23(30)14-21/h1-2,5-12,14,19H,3-4,13,15-17H2,(H,31,35)/t19-/m0/s1. The van der Waals surface area contributed by atoms with E-state index in [4.69, 9.17) is 39.8 Å². The summed E-state index contributed by atoms with van der Waals surface area (Å²) in [7, 11) is 0. The summed E-state index contributed by atoms with van der Waals surface area (Å²) in [5, 5.41) is 4.61. The summed E-state index contributed by atoms with van der Waals surface area (Å²) in [5.74, 6) is 0.891. The Morgan fingerprint density at radius 3 is 2.57 bits per heavy atom. The van der Waals surface area contributed by atoms with Crippen LogP contribution in [0.4, 0.5) is 5.69 Å². The number of imidazole rings is 1. The van der Waals surface area contributed by atoms with Crippen LogP contribution in [-0.2, 0) is 17.9 Å². The van der Waals surface area contributed by atoms with Crippen molar-refractivity contribution in [1.29, 1.82) is 0 Å². The molecule has 1 amide bonds. The maximum absolute atomic E-state index is 13.0. The highest BCUT2D eigenvalue weighted by Crippen LogP contribution is 2.27. The first-order valence-corrected chi connectivity index (χ1v) is 12.8. The molecule has 0 unspecified atom stereocenters. The van der Waals surface area contributed by atoms with Crippen molar-refractivity contribution in [1.82, 2.24) is 14.5 Å². The highest BCUT2D eigenvalue weighted by atomic mass is 35.5. The van der Waals surface area contributed by atoms with Crippen molar-refractivity contribution in [3.63, 3.8) is 0 Å². The van der Waals surface area contributed by atoms with Gasteiger partial charge in [0.15, 0.2) is 0 Å². The summed E-state index contributed by atoms with van der Waals surface area (Å²) >= 11 is 18.2. The van der Waals surface area contributed by atoms with Gasteiger partial charge >= 0.3 is 0 Å². The number of anilines is 1. The molecule has 1 aliphatic heterocycles. The van der Waals surface area contributed by atoms with E-state index in [1.165, 1.54) is 0 Å². The van der Waals surface area contributed by atoms with Crippen molar-refractivity contribution in [2.75, 3.05) is 18.4 Å². The quantitative estimate of drug-likeness (QED) is 0.297. The van der Waals surface area contributed by atoms with Crippen LogP contribution < -0.4 is 5.32 Å². The minimum atomic E-state index is -0.104. The minimum Gasteiger partial charge on any atom is -0.326 e. The van der Waals surface area contributed by atoms with Crippen LogP contribution >= 0.6 is 34.8 Å². The Hall–Kier alpha value is -2.57. The van der Waals surface area contributed by atoms with Crippen molar-refractivity contribution < 1.29 is 4.79 Å². The van der Waals surface area contributed by atoms with E-state index in [-0.39, 0.29) is 11.8 Å². The molecular formula is C27H25Cl3N4O. The SMILES string of the molecule is O=C(Nc1ccc(Cl)c(Cl)c1)[C@H]1CCCN(Cc2nc3ccccc3n2Cc2ccc(Cl)cc2)C1. The van der Waals surface area contributed by atoms with E-state index in [0.29, 0.717) is 35.4 Å². The molecule has 1 atom stereocenters. The van der Waals surface area contributed by atoms with Crippen LogP contribution in [-0.4, -0.2) is 33.4 Å². The van der Waals surface area contributed by atoms with Gasteiger partial charge in [-0.3, -0.25) is 9.69 Å². The van der Waals surface area contributed by atoms with Gasteiger partial charge in [-0.2, -0.15) is 0 Å². The Kier molecular flexibility index (Phi) is 7.30. The fourth-order valence-corrected chi connectivity index (χ4v) is 5.05. The molecule has 5 nitrogen and oxygen atoms in total. The van der Waals surface area contributed by atoms with E-state index in [2.05, 4.69) is 20.9 Å². The summed E-state index contributed by atoms with van der Waals surface area (Å²) in [5.41, 5.74) is 3.90. The van der Waals surface area contributed by atoms with Gasteiger partial charge in [-0.15, -0.1) is 0 Å². The number of piperidine rings is 1. The molecule has 1 aromatic heterocycles. The molecule has 35 heavy (non-hydrogen) atoms. The zero-order chi connectivity index (χ0) is 24.4. The van der Waals surface area contributed by atoms with Gasteiger partial charge < -0.3 is 9.88 Å². The molecule has 1 aliphatic rings. The number of likely N-dealkylation sites (tertiary alicyclic amines) is 1. The lowest BCUT2D eigenvalue weighted by atomic mass is 9.97. The molecule has 2 heterocycles. The maximum atomic E-state index is 13.0. The van der Waals surface area contributed by atoms with Gasteiger partial charge in [0, 0.05) is 23.8 Å². The first-order chi connectivity index (χ1) is 17.0. The molecule has 4 aromatic rings. The Morgan fingerprint density at radius 1 is 0.971 bits per heavy atom. The number of fused-ring (bicyclic) bond motifs is 1. The number of amides is 1. The van der Waals surface area contributed by atoms with Crippen LogP contribution in [0, 0.1) is 5.92 Å². The molecule has 1 N–H and O–H groups in total. The van der Waals surface area contributed by atoms with E-state index in [0.717, 1.165) is 46.8 Å². The number of para-hydroxylation sites is 2. The van der Waals surface area contributed by atoms with Gasteiger partial charge in [-0.05, 0) is 67.4 Å². The number of aromatic nitrogens is 2. The van der Waals surface area contributed by atoms with Crippen molar-refractivity contribution in [2.45, 2.75) is 25.9 Å². The van der Waals surface area contributed by atoms with E-state index in [1.807, 2.05) is 42.5 Å². The number of nitrogens with zero attached hydrogens (tertiary/aromatic N) is 3. The average molecular weight is 528 g/mol. The van der Waals surface area contributed by atoms with Crippen LogP contribution in [0.5, 0.6) is 0 Å². The molecule has 0 aliphatic carbocycles. The molecule has 180 valence electrons. The number of carbonyl (C=O) groups excluding carboxylic acids is 1. The number of hydrogen-bond donors (Lipinski definition) is 1. The van der Waals surface area contributed by atoms with Crippen LogP contribution in [0.3, 0.4) is 0 Å². The summed E-state index contributed by atoms with van der Waals surface area (Å²) in [6, 6.07) is 21.3. The molecule has 0 radical (unpaired) electrons. The fraction of sp³-hybridized carbons (Fsp3) is 0.259. The van der Waals surface area contributed by atoms with Crippen molar-refractivity contribution in [3.8, 4) is 0 Å². The number of carbonyl (C=O) groups is 1. The van der Waals surface area contributed by atoms with E-state index >= 15 is 0 Å². The number of rotatable bonds is 6. The first-order valence-electron chi connectivity index (χ1n) is 11.6. The Labute approximate surface area is 219 Å². The highest BCUT2D eigenvalue weighted by Gasteiger charge is 2.27. The number of benzene rings is 3. The number of halogens is 3. The average Bonchev–Trinajstić information content (AvgIpc) is 3.19. The predicted octanol–water partition coefficient (Wildman–Crippen LogP) is 6.90. The van der Waals surface area contributed by atoms with Gasteiger partial charge in [0.2, 0.25) is 5.91 Å². The lowest BCUT2D eigenvalue weighted by Crippen LogP contribution is -2.40. The Bertz CT molecular complexity index is 1350. The third kappa shape index (κ3) is 5.65. The number of nitrogens with one attached hydrogen (secondary N) is 1. The van der Waals surface area contributed by atoms with Crippen LogP contribution in [0.25, 0.3) is 11.0 Å². The molecule has 0 spiro atoms. The second kappa shape index (κ2) is 10.6. The molecule has 8 heteroatoms. The predicted molar refractivity (Wildman–Crippen MR) is 143 cm³/mol. The van der Waals surface area contributed by atoms with Gasteiger partial charge in [0.25, 0.3) is 0 Å². The Morgan fingerprint density at radius 2 is 1.77 bits per heavy atom. The summed E-state index contributed by atoms with van der Waals surface area (Å²) in [4.78, 5) is 20.3. The summed E-state index contributed by atoms with van der Waals surface area (Å²) in [6.07, 6.45) is 1.81. The molecule has 0 saturated carbocycles. The van der Waals surface area contributed by atoms with Gasteiger partial charge in [0.1, 0.15) is 5.82 Å². The normalized spacial score (nSPS) is 16.5. The van der Waals surface area contributed by atoms with Crippen LogP contribution in [0.15, 0.2) is 66.7 Å². The van der Waals surface area contributed by atoms with Crippen LogP contribution in [0.1, 0.15) is 24.2 Å². The van der Waals surface area contributed by atoms with E-state index < -0.39 is 0 Å². The topological polar surface area (TPSA) is 50.2 Å². The maximum Gasteiger partial charge on any atom is 0.228 e. The van der Waals surface area contributed by atoms with Gasteiger partial charge in [0.05, 0.1) is 33.5 Å². The molecular weight excluding hydrogens is 503 g/mol. The Balaban J connectivity index is 1.32. The van der Waals surface area contributed by atoms with E-state index in [9.17, 15) is 4.79 Å². The molecule has 1 saturated heterocycles. The smallest absolute Gasteiger partial charge is 0.228 e. The van der Waals surface area contributed by atoms with Crippen molar-refractivity contribution >= 4 is 57.4 Å². The second-order valence-electron chi connectivity index (χ2n) is 8.92. The monoisotopic (exact) mass is 526 g/mol. The minimum absolute atomic E-state index is 0.00255. The molecule has 1 fully saturated rings. The lowest BCUT2D eigenvalue weighted by molar-refractivity contribution is -0.121. The van der Waals surface area contributed by atoms with Crippen molar-refractivity contribution in [2.24, 2.45) is 5.92 Å². The van der Waals surface area contributed by atoms with Crippen molar-refractivity contribution in [3.05, 3.63) is 93.2 Å². The first kappa shape index (κ1) is 24.1. The van der Waals surface area contributed by atoms with E-state index in [1.54, 1.807) is 18.2 Å². The molecule has 3 aromatic carbocycles.